The molecular weight excluding hydrogens is 206 g/mol. The lowest BCUT2D eigenvalue weighted by atomic mass is 10.1. The largest absolute Gasteiger partial charge is 0.462 e. The summed E-state index contributed by atoms with van der Waals surface area (Å²) in [5.41, 5.74) is 0.0545. The van der Waals surface area contributed by atoms with Crippen molar-refractivity contribution in [1.29, 1.82) is 0 Å². The first-order chi connectivity index (χ1) is 7.47. The second-order valence-corrected chi connectivity index (χ2v) is 5.23. The van der Waals surface area contributed by atoms with E-state index in [0.717, 1.165) is 12.8 Å². The molecule has 4 nitrogen and oxygen atoms in total. The van der Waals surface area contributed by atoms with E-state index in [1.54, 1.807) is 0 Å². The van der Waals surface area contributed by atoms with E-state index < -0.39 is 0 Å². The van der Waals surface area contributed by atoms with Gasteiger partial charge in [-0.15, -0.1) is 0 Å². The highest BCUT2D eigenvalue weighted by Gasteiger charge is 2.18. The van der Waals surface area contributed by atoms with E-state index in [0.29, 0.717) is 26.2 Å². The van der Waals surface area contributed by atoms with Crippen LogP contribution < -0.4 is 5.32 Å². The lowest BCUT2D eigenvalue weighted by molar-refractivity contribution is -0.153. The van der Waals surface area contributed by atoms with Crippen LogP contribution in [-0.4, -0.2) is 37.4 Å². The summed E-state index contributed by atoms with van der Waals surface area (Å²) in [7, 11) is 0. The molecule has 1 heterocycles. The Bertz CT molecular complexity index is 217. The summed E-state index contributed by atoms with van der Waals surface area (Å²) < 4.78 is 10.6. The molecule has 1 fully saturated rings. The van der Waals surface area contributed by atoms with Crippen LogP contribution >= 0.6 is 0 Å². The van der Waals surface area contributed by atoms with Gasteiger partial charge in [-0.2, -0.15) is 0 Å². The molecule has 16 heavy (non-hydrogen) atoms. The second kappa shape index (κ2) is 6.21. The van der Waals surface area contributed by atoms with E-state index in [2.05, 4.69) is 26.1 Å². The summed E-state index contributed by atoms with van der Waals surface area (Å²) in [6.07, 6.45) is 2.17. The molecule has 4 heteroatoms. The van der Waals surface area contributed by atoms with Crippen LogP contribution in [0.25, 0.3) is 0 Å². The van der Waals surface area contributed by atoms with Gasteiger partial charge in [0.25, 0.3) is 0 Å². The van der Waals surface area contributed by atoms with Crippen LogP contribution in [-0.2, 0) is 14.3 Å². The molecule has 0 amide bonds. The number of esters is 1. The molecule has 1 aliphatic heterocycles. The summed E-state index contributed by atoms with van der Waals surface area (Å²) in [5.74, 6) is -0.108. The van der Waals surface area contributed by atoms with Crippen molar-refractivity contribution in [3.8, 4) is 0 Å². The van der Waals surface area contributed by atoms with Gasteiger partial charge in [-0.3, -0.25) is 4.79 Å². The zero-order valence-corrected chi connectivity index (χ0v) is 10.5. The van der Waals surface area contributed by atoms with Gasteiger partial charge in [0.1, 0.15) is 6.10 Å². The number of nitrogens with one attached hydrogen (secondary N) is 1. The van der Waals surface area contributed by atoms with Crippen molar-refractivity contribution in [2.75, 3.05) is 19.8 Å². The smallest absolute Gasteiger partial charge is 0.307 e. The van der Waals surface area contributed by atoms with Crippen molar-refractivity contribution in [2.45, 2.75) is 51.7 Å². The van der Waals surface area contributed by atoms with Crippen LogP contribution in [0.15, 0.2) is 0 Å². The molecule has 0 atom stereocenters. The number of hydrogen-bond acceptors (Lipinski definition) is 4. The number of rotatable bonds is 4. The summed E-state index contributed by atoms with van der Waals surface area (Å²) in [6, 6.07) is 0. The van der Waals surface area contributed by atoms with Gasteiger partial charge in [0.05, 0.1) is 19.6 Å². The molecule has 0 unspecified atom stereocenters. The first-order valence-corrected chi connectivity index (χ1v) is 5.99. The SMILES string of the molecule is CC(C)(C)NCCC(=O)OC1CCOCC1. The summed E-state index contributed by atoms with van der Waals surface area (Å²) in [6.45, 7) is 8.33. The van der Waals surface area contributed by atoms with Gasteiger partial charge in [0.2, 0.25) is 0 Å². The standard InChI is InChI=1S/C12H23NO3/c1-12(2,3)13-7-4-11(14)16-10-5-8-15-9-6-10/h10,13H,4-9H2,1-3H3. The van der Waals surface area contributed by atoms with Crippen molar-refractivity contribution in [3.63, 3.8) is 0 Å². The summed E-state index contributed by atoms with van der Waals surface area (Å²) in [5, 5.41) is 3.26. The second-order valence-electron chi connectivity index (χ2n) is 5.23. The van der Waals surface area contributed by atoms with Crippen molar-refractivity contribution in [1.82, 2.24) is 5.32 Å². The predicted molar refractivity (Wildman–Crippen MR) is 62.3 cm³/mol. The fourth-order valence-electron chi connectivity index (χ4n) is 1.58. The highest BCUT2D eigenvalue weighted by Crippen LogP contribution is 2.11. The van der Waals surface area contributed by atoms with Crippen LogP contribution in [0.5, 0.6) is 0 Å². The Kier molecular flexibility index (Phi) is 5.22. The molecule has 0 spiro atoms. The fraction of sp³-hybridized carbons (Fsp3) is 0.917. The molecule has 0 saturated carbocycles. The Labute approximate surface area is 97.7 Å². The molecule has 0 aromatic rings. The van der Waals surface area contributed by atoms with E-state index >= 15 is 0 Å². The highest BCUT2D eigenvalue weighted by atomic mass is 16.6. The lowest BCUT2D eigenvalue weighted by Gasteiger charge is -2.23. The topological polar surface area (TPSA) is 47.6 Å². The molecule has 0 radical (unpaired) electrons. The molecule has 0 aliphatic carbocycles. The fourth-order valence-corrected chi connectivity index (χ4v) is 1.58. The Morgan fingerprint density at radius 1 is 1.38 bits per heavy atom. The third kappa shape index (κ3) is 6.08. The average Bonchev–Trinajstić information content (AvgIpc) is 2.17. The van der Waals surface area contributed by atoms with E-state index in [1.807, 2.05) is 0 Å². The quantitative estimate of drug-likeness (QED) is 0.742. The van der Waals surface area contributed by atoms with Crippen molar-refractivity contribution in [2.24, 2.45) is 0 Å². The molecule has 0 bridgehead atoms. The van der Waals surface area contributed by atoms with Gasteiger partial charge < -0.3 is 14.8 Å². The minimum absolute atomic E-state index is 0.0545. The first kappa shape index (κ1) is 13.5. The van der Waals surface area contributed by atoms with Crippen molar-refractivity contribution in [3.05, 3.63) is 0 Å². The van der Waals surface area contributed by atoms with E-state index in [9.17, 15) is 4.79 Å². The van der Waals surface area contributed by atoms with Crippen molar-refractivity contribution >= 4 is 5.97 Å². The predicted octanol–water partition coefficient (Wildman–Crippen LogP) is 1.49. The maximum absolute atomic E-state index is 11.5. The Hall–Kier alpha value is -0.610. The first-order valence-electron chi connectivity index (χ1n) is 5.99. The van der Waals surface area contributed by atoms with E-state index in [1.165, 1.54) is 0 Å². The zero-order chi connectivity index (χ0) is 12.0. The van der Waals surface area contributed by atoms with Crippen LogP contribution in [0.4, 0.5) is 0 Å². The maximum Gasteiger partial charge on any atom is 0.307 e. The van der Waals surface area contributed by atoms with Crippen LogP contribution in [0, 0.1) is 0 Å². The summed E-state index contributed by atoms with van der Waals surface area (Å²) >= 11 is 0. The van der Waals surface area contributed by atoms with Gasteiger partial charge in [-0.25, -0.2) is 0 Å². The minimum atomic E-state index is -0.108. The Morgan fingerprint density at radius 3 is 2.56 bits per heavy atom. The zero-order valence-electron chi connectivity index (χ0n) is 10.5. The molecule has 1 saturated heterocycles. The van der Waals surface area contributed by atoms with Gasteiger partial charge in [0.15, 0.2) is 0 Å². The third-order valence-corrected chi connectivity index (χ3v) is 2.45. The molecule has 94 valence electrons. The average molecular weight is 229 g/mol. The Balaban J connectivity index is 2.10. The number of carbonyl (C=O) groups is 1. The third-order valence-electron chi connectivity index (χ3n) is 2.45. The van der Waals surface area contributed by atoms with E-state index in [-0.39, 0.29) is 17.6 Å². The Morgan fingerprint density at radius 2 is 2.00 bits per heavy atom. The normalized spacial score (nSPS) is 18.4. The van der Waals surface area contributed by atoms with Gasteiger partial charge in [-0.1, -0.05) is 0 Å². The van der Waals surface area contributed by atoms with Crippen LogP contribution in [0.3, 0.4) is 0 Å². The number of carbonyl (C=O) groups excluding carboxylic acids is 1. The highest BCUT2D eigenvalue weighted by molar-refractivity contribution is 5.69. The molecule has 1 rings (SSSR count). The summed E-state index contributed by atoms with van der Waals surface area (Å²) in [4.78, 5) is 11.5. The molecule has 0 aromatic heterocycles. The molecular formula is C12H23NO3. The molecule has 1 aliphatic rings. The molecule has 1 N–H and O–H groups in total. The van der Waals surface area contributed by atoms with Gasteiger partial charge in [-0.05, 0) is 20.8 Å². The lowest BCUT2D eigenvalue weighted by Crippen LogP contribution is -2.37. The van der Waals surface area contributed by atoms with E-state index in [4.69, 9.17) is 9.47 Å². The van der Waals surface area contributed by atoms with Gasteiger partial charge in [0, 0.05) is 24.9 Å². The maximum atomic E-state index is 11.5. The number of hydrogen-bond donors (Lipinski definition) is 1. The van der Waals surface area contributed by atoms with Gasteiger partial charge >= 0.3 is 5.97 Å². The van der Waals surface area contributed by atoms with Crippen molar-refractivity contribution < 1.29 is 14.3 Å². The minimum Gasteiger partial charge on any atom is -0.462 e. The molecule has 0 aromatic carbocycles. The monoisotopic (exact) mass is 229 g/mol. The number of ether oxygens (including phenoxy) is 2. The van der Waals surface area contributed by atoms with Crippen LogP contribution in [0.2, 0.25) is 0 Å². The van der Waals surface area contributed by atoms with Crippen LogP contribution in [0.1, 0.15) is 40.0 Å².